The zero-order valence-electron chi connectivity index (χ0n) is 9.50. The van der Waals surface area contributed by atoms with Gasteiger partial charge < -0.3 is 16.8 Å². The Morgan fingerprint density at radius 1 is 1.41 bits per heavy atom. The van der Waals surface area contributed by atoms with E-state index in [1.165, 1.54) is 4.31 Å². The number of nitrogens with zero attached hydrogens (tertiary/aromatic N) is 1. The number of benzene rings is 1. The van der Waals surface area contributed by atoms with Gasteiger partial charge in [0.1, 0.15) is 0 Å². The molecule has 0 aromatic heterocycles. The molecule has 0 spiro atoms. The molecule has 0 aliphatic carbocycles. The fourth-order valence-electron chi connectivity index (χ4n) is 1.38. The van der Waals surface area contributed by atoms with Gasteiger partial charge in [0.2, 0.25) is 0 Å². The first-order valence-electron chi connectivity index (χ1n) is 5.30. The summed E-state index contributed by atoms with van der Waals surface area (Å²) in [7, 11) is 0. The van der Waals surface area contributed by atoms with Crippen molar-refractivity contribution in [3.8, 4) is 0 Å². The van der Waals surface area contributed by atoms with Crippen molar-refractivity contribution in [2.45, 2.75) is 0 Å². The van der Waals surface area contributed by atoms with Crippen LogP contribution < -0.4 is 21.1 Å². The van der Waals surface area contributed by atoms with Crippen molar-refractivity contribution in [2.75, 3.05) is 36.2 Å². The summed E-state index contributed by atoms with van der Waals surface area (Å²) in [4.78, 5) is 0. The van der Waals surface area contributed by atoms with Crippen LogP contribution in [0.5, 0.6) is 0 Å². The standard InChI is InChI=1S/C10H18N4O2S/c11-4-5-13-6-7-14(17(15)16)10-3-1-2-9(12)8-10/h1-3,8,13H,4-7,11-12H2,(H,15,16). The molecule has 6 N–H and O–H groups in total. The van der Waals surface area contributed by atoms with Crippen LogP contribution in [0.4, 0.5) is 11.4 Å². The maximum absolute atomic E-state index is 11.2. The van der Waals surface area contributed by atoms with Gasteiger partial charge in [-0.05, 0) is 18.2 Å². The first-order chi connectivity index (χ1) is 8.15. The molecule has 1 unspecified atom stereocenters. The number of rotatable bonds is 7. The molecule has 1 atom stereocenters. The van der Waals surface area contributed by atoms with Gasteiger partial charge in [-0.3, -0.25) is 8.86 Å². The van der Waals surface area contributed by atoms with Gasteiger partial charge in [-0.25, -0.2) is 4.21 Å². The predicted molar refractivity (Wildman–Crippen MR) is 70.9 cm³/mol. The maximum atomic E-state index is 11.2. The van der Waals surface area contributed by atoms with Gasteiger partial charge in [-0.2, -0.15) is 0 Å². The Hall–Kier alpha value is -1.15. The maximum Gasteiger partial charge on any atom is 0.261 e. The molecule has 1 aromatic rings. The number of hydrogen-bond donors (Lipinski definition) is 4. The van der Waals surface area contributed by atoms with Crippen LogP contribution in [-0.4, -0.2) is 34.9 Å². The largest absolute Gasteiger partial charge is 0.399 e. The molecular formula is C10H18N4O2S. The summed E-state index contributed by atoms with van der Waals surface area (Å²) in [5.41, 5.74) is 12.2. The average molecular weight is 258 g/mol. The first-order valence-corrected chi connectivity index (χ1v) is 6.36. The molecular weight excluding hydrogens is 240 g/mol. The van der Waals surface area contributed by atoms with Crippen LogP contribution in [-0.2, 0) is 11.3 Å². The van der Waals surface area contributed by atoms with E-state index in [0.29, 0.717) is 37.6 Å². The predicted octanol–water partition coefficient (Wildman–Crippen LogP) is -0.240. The molecule has 1 rings (SSSR count). The van der Waals surface area contributed by atoms with Gasteiger partial charge in [-0.15, -0.1) is 0 Å². The summed E-state index contributed by atoms with van der Waals surface area (Å²) in [5.74, 6) is 0. The van der Waals surface area contributed by atoms with Crippen molar-refractivity contribution in [1.29, 1.82) is 0 Å². The van der Waals surface area contributed by atoms with E-state index >= 15 is 0 Å². The highest BCUT2D eigenvalue weighted by Gasteiger charge is 2.11. The number of nitrogens with one attached hydrogen (secondary N) is 1. The van der Waals surface area contributed by atoms with E-state index in [-0.39, 0.29) is 0 Å². The molecule has 7 heteroatoms. The van der Waals surface area contributed by atoms with E-state index in [2.05, 4.69) is 5.32 Å². The lowest BCUT2D eigenvalue weighted by Gasteiger charge is -2.20. The van der Waals surface area contributed by atoms with Crippen molar-refractivity contribution >= 4 is 22.6 Å². The molecule has 0 bridgehead atoms. The molecule has 96 valence electrons. The minimum absolute atomic E-state index is 0.409. The van der Waals surface area contributed by atoms with E-state index in [1.54, 1.807) is 24.3 Å². The second-order valence-corrected chi connectivity index (χ2v) is 4.37. The summed E-state index contributed by atoms with van der Waals surface area (Å²) in [6, 6.07) is 6.89. The Morgan fingerprint density at radius 3 is 2.76 bits per heavy atom. The summed E-state index contributed by atoms with van der Waals surface area (Å²) in [6.07, 6.45) is 0. The van der Waals surface area contributed by atoms with Gasteiger partial charge >= 0.3 is 0 Å². The van der Waals surface area contributed by atoms with E-state index in [4.69, 9.17) is 11.5 Å². The van der Waals surface area contributed by atoms with Gasteiger partial charge in [0, 0.05) is 31.9 Å². The number of hydrogen-bond acceptors (Lipinski definition) is 4. The van der Waals surface area contributed by atoms with E-state index in [1.807, 2.05) is 0 Å². The molecule has 17 heavy (non-hydrogen) atoms. The fraction of sp³-hybridized carbons (Fsp3) is 0.400. The third kappa shape index (κ3) is 4.70. The summed E-state index contributed by atoms with van der Waals surface area (Å²) < 4.78 is 21.8. The minimum Gasteiger partial charge on any atom is -0.399 e. The molecule has 0 aliphatic heterocycles. The van der Waals surface area contributed by atoms with Crippen LogP contribution in [0.3, 0.4) is 0 Å². The highest BCUT2D eigenvalue weighted by Crippen LogP contribution is 2.18. The minimum atomic E-state index is -2.06. The Labute approximate surface area is 103 Å². The van der Waals surface area contributed by atoms with Crippen molar-refractivity contribution in [3.63, 3.8) is 0 Å². The number of nitrogens with two attached hydrogens (primary N) is 2. The Morgan fingerprint density at radius 2 is 2.18 bits per heavy atom. The summed E-state index contributed by atoms with van der Waals surface area (Å²) in [5, 5.41) is 3.06. The number of anilines is 2. The average Bonchev–Trinajstić information content (AvgIpc) is 2.28. The van der Waals surface area contributed by atoms with Gasteiger partial charge in [0.15, 0.2) is 0 Å². The molecule has 6 nitrogen and oxygen atoms in total. The fourth-order valence-corrected chi connectivity index (χ4v) is 1.93. The third-order valence-corrected chi connectivity index (χ3v) is 2.93. The highest BCUT2D eigenvalue weighted by atomic mass is 32.2. The van der Waals surface area contributed by atoms with Crippen LogP contribution in [0, 0.1) is 0 Å². The van der Waals surface area contributed by atoms with Crippen LogP contribution in [0.25, 0.3) is 0 Å². The molecule has 0 aliphatic rings. The topological polar surface area (TPSA) is 105 Å². The molecule has 0 saturated carbocycles. The lowest BCUT2D eigenvalue weighted by Crippen LogP contribution is -2.35. The second kappa shape index (κ2) is 7.23. The van der Waals surface area contributed by atoms with Crippen molar-refractivity contribution in [3.05, 3.63) is 24.3 Å². The third-order valence-electron chi connectivity index (χ3n) is 2.16. The van der Waals surface area contributed by atoms with Crippen LogP contribution in [0.1, 0.15) is 0 Å². The highest BCUT2D eigenvalue weighted by molar-refractivity contribution is 7.80. The molecule has 0 amide bonds. The Kier molecular flexibility index (Phi) is 5.92. The molecule has 1 aromatic carbocycles. The summed E-state index contributed by atoms with van der Waals surface area (Å²) in [6.45, 7) is 2.22. The lowest BCUT2D eigenvalue weighted by molar-refractivity contribution is 0.556. The first kappa shape index (κ1) is 13.9. The van der Waals surface area contributed by atoms with Gasteiger partial charge in [-0.1, -0.05) is 6.07 Å². The summed E-state index contributed by atoms with van der Waals surface area (Å²) >= 11 is -2.06. The molecule has 0 radical (unpaired) electrons. The van der Waals surface area contributed by atoms with Crippen LogP contribution in [0.2, 0.25) is 0 Å². The van der Waals surface area contributed by atoms with Crippen molar-refractivity contribution in [2.24, 2.45) is 5.73 Å². The van der Waals surface area contributed by atoms with Crippen molar-refractivity contribution in [1.82, 2.24) is 5.32 Å². The SMILES string of the molecule is NCCNCCN(c1cccc(N)c1)S(=O)O. The zero-order chi connectivity index (χ0) is 12.7. The van der Waals surface area contributed by atoms with Crippen LogP contribution in [0.15, 0.2) is 24.3 Å². The zero-order valence-corrected chi connectivity index (χ0v) is 10.3. The monoisotopic (exact) mass is 258 g/mol. The lowest BCUT2D eigenvalue weighted by atomic mass is 10.3. The van der Waals surface area contributed by atoms with E-state index in [0.717, 1.165) is 0 Å². The molecule has 0 fully saturated rings. The molecule has 0 saturated heterocycles. The Balaban J connectivity index is 2.63. The molecule has 0 heterocycles. The van der Waals surface area contributed by atoms with Crippen molar-refractivity contribution < 1.29 is 8.76 Å². The van der Waals surface area contributed by atoms with Crippen LogP contribution >= 0.6 is 0 Å². The quantitative estimate of drug-likeness (QED) is 0.307. The number of nitrogen functional groups attached to an aromatic ring is 1. The van der Waals surface area contributed by atoms with Gasteiger partial charge in [0.25, 0.3) is 11.3 Å². The smallest absolute Gasteiger partial charge is 0.261 e. The van der Waals surface area contributed by atoms with E-state index in [9.17, 15) is 8.76 Å². The normalized spacial score (nSPS) is 12.4. The van der Waals surface area contributed by atoms with E-state index < -0.39 is 11.3 Å². The van der Waals surface area contributed by atoms with Gasteiger partial charge in [0.05, 0.1) is 5.69 Å². The second-order valence-electron chi connectivity index (χ2n) is 3.47. The Bertz CT molecular complexity index is 375.